The quantitative estimate of drug-likeness (QED) is 0.385. The molecular weight excluding hydrogens is 174 g/mol. The highest BCUT2D eigenvalue weighted by atomic mass is 15.2. The number of nitrogens with zero attached hydrogens (tertiary/aromatic N) is 3. The highest BCUT2D eigenvalue weighted by Gasteiger charge is 2.27. The highest BCUT2D eigenvalue weighted by Crippen LogP contribution is 2.36. The minimum atomic E-state index is 0.169. The van der Waals surface area contributed by atoms with Crippen molar-refractivity contribution in [2.75, 3.05) is 0 Å². The summed E-state index contributed by atoms with van der Waals surface area (Å²) < 4.78 is 0. The van der Waals surface area contributed by atoms with Crippen LogP contribution in [-0.4, -0.2) is 6.04 Å². The topological polar surface area (TPSA) is 48.8 Å². The van der Waals surface area contributed by atoms with Gasteiger partial charge >= 0.3 is 0 Å². The molecule has 0 radical (unpaired) electrons. The van der Waals surface area contributed by atoms with E-state index in [1.165, 1.54) is 12.0 Å². The average Bonchev–Trinajstić information content (AvgIpc) is 2.68. The molecule has 0 amide bonds. The Hall–Kier alpha value is -1.47. The van der Waals surface area contributed by atoms with E-state index in [1.807, 2.05) is 18.2 Å². The van der Waals surface area contributed by atoms with Gasteiger partial charge in [0.1, 0.15) is 0 Å². The first-order valence-electron chi connectivity index (χ1n) is 5.01. The Morgan fingerprint density at radius 1 is 1.21 bits per heavy atom. The van der Waals surface area contributed by atoms with Gasteiger partial charge in [0.2, 0.25) is 0 Å². The molecule has 1 aromatic carbocycles. The zero-order valence-electron chi connectivity index (χ0n) is 8.00. The lowest BCUT2D eigenvalue weighted by atomic mass is 9.95. The molecule has 2 atom stereocenters. The van der Waals surface area contributed by atoms with E-state index in [4.69, 9.17) is 5.53 Å². The number of azide groups is 1. The van der Waals surface area contributed by atoms with Gasteiger partial charge in [0, 0.05) is 11.0 Å². The third-order valence-electron chi connectivity index (χ3n) is 2.91. The van der Waals surface area contributed by atoms with Crippen LogP contribution >= 0.6 is 0 Å². The van der Waals surface area contributed by atoms with Gasteiger partial charge in [0.15, 0.2) is 0 Å². The molecule has 3 heteroatoms. The monoisotopic (exact) mass is 187 g/mol. The zero-order chi connectivity index (χ0) is 9.80. The second kappa shape index (κ2) is 4.16. The van der Waals surface area contributed by atoms with Crippen molar-refractivity contribution in [3.8, 4) is 0 Å². The molecule has 0 saturated heterocycles. The molecule has 0 heterocycles. The van der Waals surface area contributed by atoms with Crippen LogP contribution in [0.2, 0.25) is 0 Å². The van der Waals surface area contributed by atoms with E-state index < -0.39 is 0 Å². The van der Waals surface area contributed by atoms with Crippen LogP contribution in [0.5, 0.6) is 0 Å². The van der Waals surface area contributed by atoms with E-state index in [1.54, 1.807) is 0 Å². The van der Waals surface area contributed by atoms with E-state index in [0.717, 1.165) is 12.8 Å². The van der Waals surface area contributed by atoms with Crippen LogP contribution in [0.4, 0.5) is 0 Å². The van der Waals surface area contributed by atoms with Crippen LogP contribution in [0, 0.1) is 0 Å². The second-order valence-electron chi connectivity index (χ2n) is 3.72. The molecule has 1 aliphatic rings. The molecule has 2 rings (SSSR count). The third kappa shape index (κ3) is 1.73. The van der Waals surface area contributed by atoms with Gasteiger partial charge in [0.25, 0.3) is 0 Å². The number of benzene rings is 1. The predicted molar refractivity (Wildman–Crippen MR) is 56.0 cm³/mol. The van der Waals surface area contributed by atoms with Crippen molar-refractivity contribution in [3.05, 3.63) is 46.3 Å². The van der Waals surface area contributed by atoms with Crippen molar-refractivity contribution >= 4 is 0 Å². The van der Waals surface area contributed by atoms with Gasteiger partial charge in [-0.2, -0.15) is 0 Å². The fourth-order valence-corrected chi connectivity index (χ4v) is 2.23. The standard InChI is InChI=1S/C11H13N3/c12-14-13-11-8-4-7-10(11)9-5-2-1-3-6-9/h1-3,5-6,10-11H,4,7-8H2/t10-,11+/m1/s1. The first kappa shape index (κ1) is 9.10. The molecule has 0 aliphatic heterocycles. The molecule has 1 fully saturated rings. The average molecular weight is 187 g/mol. The Kier molecular flexibility index (Phi) is 2.70. The van der Waals surface area contributed by atoms with Crippen molar-refractivity contribution in [1.82, 2.24) is 0 Å². The minimum absolute atomic E-state index is 0.169. The normalized spacial score (nSPS) is 25.7. The van der Waals surface area contributed by atoms with E-state index in [0.29, 0.717) is 5.92 Å². The minimum Gasteiger partial charge on any atom is -0.0900 e. The molecule has 72 valence electrons. The summed E-state index contributed by atoms with van der Waals surface area (Å²) in [7, 11) is 0. The summed E-state index contributed by atoms with van der Waals surface area (Å²) in [6.45, 7) is 0. The van der Waals surface area contributed by atoms with Gasteiger partial charge in [0.05, 0.1) is 0 Å². The Bertz CT molecular complexity index is 341. The number of rotatable bonds is 2. The maximum absolute atomic E-state index is 8.45. The number of hydrogen-bond donors (Lipinski definition) is 0. The largest absolute Gasteiger partial charge is 0.0900 e. The zero-order valence-corrected chi connectivity index (χ0v) is 8.00. The summed E-state index contributed by atoms with van der Waals surface area (Å²) in [5.74, 6) is 0.437. The van der Waals surface area contributed by atoms with Crippen LogP contribution in [0.3, 0.4) is 0 Å². The molecule has 0 aromatic heterocycles. The Labute approximate surface area is 83.4 Å². The number of hydrogen-bond acceptors (Lipinski definition) is 1. The predicted octanol–water partition coefficient (Wildman–Crippen LogP) is 3.63. The maximum atomic E-state index is 8.45. The summed E-state index contributed by atoms with van der Waals surface area (Å²) in [4.78, 5) is 2.92. The highest BCUT2D eigenvalue weighted by molar-refractivity contribution is 5.22. The van der Waals surface area contributed by atoms with Crippen LogP contribution in [-0.2, 0) is 0 Å². The van der Waals surface area contributed by atoms with Gasteiger partial charge in [-0.25, -0.2) is 0 Å². The lowest BCUT2D eigenvalue weighted by Gasteiger charge is -2.14. The SMILES string of the molecule is [N-]=[N+]=N[C@H]1CCC[C@@H]1c1ccccc1. The Morgan fingerprint density at radius 3 is 2.71 bits per heavy atom. The van der Waals surface area contributed by atoms with E-state index in [-0.39, 0.29) is 6.04 Å². The maximum Gasteiger partial charge on any atom is 0.0442 e. The second-order valence-corrected chi connectivity index (χ2v) is 3.72. The summed E-state index contributed by atoms with van der Waals surface area (Å²) in [6.07, 6.45) is 3.35. The van der Waals surface area contributed by atoms with Crippen LogP contribution in [0.15, 0.2) is 35.4 Å². The van der Waals surface area contributed by atoms with Crippen LogP contribution < -0.4 is 0 Å². The van der Waals surface area contributed by atoms with Crippen molar-refractivity contribution in [1.29, 1.82) is 0 Å². The van der Waals surface area contributed by atoms with Gasteiger partial charge in [-0.05, 0) is 29.9 Å². The summed E-state index contributed by atoms with van der Waals surface area (Å²) >= 11 is 0. The van der Waals surface area contributed by atoms with Crippen molar-refractivity contribution < 1.29 is 0 Å². The summed E-state index contributed by atoms with van der Waals surface area (Å²) in [6, 6.07) is 10.5. The first-order chi connectivity index (χ1) is 6.92. The van der Waals surface area contributed by atoms with Crippen LogP contribution in [0.25, 0.3) is 10.4 Å². The van der Waals surface area contributed by atoms with Crippen LogP contribution in [0.1, 0.15) is 30.7 Å². The fourth-order valence-electron chi connectivity index (χ4n) is 2.23. The Morgan fingerprint density at radius 2 is 2.00 bits per heavy atom. The molecule has 1 aliphatic carbocycles. The third-order valence-corrected chi connectivity index (χ3v) is 2.91. The first-order valence-corrected chi connectivity index (χ1v) is 5.01. The molecule has 0 spiro atoms. The van der Waals surface area contributed by atoms with E-state index >= 15 is 0 Å². The van der Waals surface area contributed by atoms with Gasteiger partial charge < -0.3 is 0 Å². The molecule has 0 bridgehead atoms. The Balaban J connectivity index is 2.21. The van der Waals surface area contributed by atoms with Crippen molar-refractivity contribution in [2.45, 2.75) is 31.2 Å². The molecule has 1 saturated carbocycles. The van der Waals surface area contributed by atoms with Gasteiger partial charge in [-0.3, -0.25) is 0 Å². The lowest BCUT2D eigenvalue weighted by molar-refractivity contribution is 0.610. The van der Waals surface area contributed by atoms with Gasteiger partial charge in [-0.1, -0.05) is 41.9 Å². The molecule has 0 N–H and O–H groups in total. The summed E-state index contributed by atoms with van der Waals surface area (Å²) in [5.41, 5.74) is 9.76. The molecule has 3 nitrogen and oxygen atoms in total. The molecular formula is C11H13N3. The van der Waals surface area contributed by atoms with Crippen molar-refractivity contribution in [2.24, 2.45) is 5.11 Å². The fraction of sp³-hybridized carbons (Fsp3) is 0.455. The molecule has 14 heavy (non-hydrogen) atoms. The van der Waals surface area contributed by atoms with E-state index in [2.05, 4.69) is 22.2 Å². The van der Waals surface area contributed by atoms with E-state index in [9.17, 15) is 0 Å². The molecule has 1 aromatic rings. The van der Waals surface area contributed by atoms with Crippen molar-refractivity contribution in [3.63, 3.8) is 0 Å². The molecule has 0 unspecified atom stereocenters. The lowest BCUT2D eigenvalue weighted by Crippen LogP contribution is -2.08. The smallest absolute Gasteiger partial charge is 0.0442 e. The van der Waals surface area contributed by atoms with Gasteiger partial charge in [-0.15, -0.1) is 0 Å². The summed E-state index contributed by atoms with van der Waals surface area (Å²) in [5, 5.41) is 3.86.